The molecule has 0 bridgehead atoms. The summed E-state index contributed by atoms with van der Waals surface area (Å²) >= 11 is 12.2. The van der Waals surface area contributed by atoms with Crippen LogP contribution in [0, 0.1) is 17.3 Å². The summed E-state index contributed by atoms with van der Waals surface area (Å²) in [6.07, 6.45) is 0.610. The van der Waals surface area contributed by atoms with E-state index in [1.54, 1.807) is 49.4 Å². The fourth-order valence-electron chi connectivity index (χ4n) is 4.77. The average Bonchev–Trinajstić information content (AvgIpc) is 2.76. The molecule has 0 aromatic heterocycles. The van der Waals surface area contributed by atoms with E-state index in [0.29, 0.717) is 11.3 Å². The van der Waals surface area contributed by atoms with Crippen molar-refractivity contribution in [2.75, 3.05) is 5.32 Å². The van der Waals surface area contributed by atoms with E-state index in [4.69, 9.17) is 23.2 Å². The summed E-state index contributed by atoms with van der Waals surface area (Å²) in [5, 5.41) is 25.3. The molecular formula is C26H30Cl2N2O5. The second-order valence-electron chi connectivity index (χ2n) is 9.72. The number of anilines is 1. The van der Waals surface area contributed by atoms with Crippen molar-refractivity contribution in [2.24, 2.45) is 17.3 Å². The van der Waals surface area contributed by atoms with Crippen molar-refractivity contribution in [2.45, 2.75) is 52.2 Å². The zero-order chi connectivity index (χ0) is 25.9. The second-order valence-corrected chi connectivity index (χ2v) is 10.5. The molecule has 2 aromatic rings. The Hall–Kier alpha value is -2.61. The monoisotopic (exact) mass is 520 g/mol. The van der Waals surface area contributed by atoms with Crippen LogP contribution in [0.5, 0.6) is 0 Å². The standard InChI is InChI=1S/C26H30Cl2N2O5/c1-14(31)18-12-16(26(18,2)3)13-22(32)30-21(25(34)35)11-15-7-9-17(10-8-15)29-24(33)23-19(27)5-4-6-20(23)28/h4-10,14,16,18,21,31H,11-13H2,1-3H3,(H,29,33)(H,30,32)(H,34,35)/t14?,16?,18?,21-/m0/s1. The highest BCUT2D eigenvalue weighted by molar-refractivity contribution is 6.40. The molecule has 35 heavy (non-hydrogen) atoms. The van der Waals surface area contributed by atoms with E-state index in [1.165, 1.54) is 0 Å². The topological polar surface area (TPSA) is 116 Å². The van der Waals surface area contributed by atoms with Crippen molar-refractivity contribution >= 4 is 46.7 Å². The summed E-state index contributed by atoms with van der Waals surface area (Å²) < 4.78 is 0. The zero-order valence-electron chi connectivity index (χ0n) is 19.8. The van der Waals surface area contributed by atoms with Crippen molar-refractivity contribution in [3.63, 3.8) is 0 Å². The van der Waals surface area contributed by atoms with Gasteiger partial charge in [-0.05, 0) is 60.4 Å². The Morgan fingerprint density at radius 1 is 1.09 bits per heavy atom. The molecule has 2 aromatic carbocycles. The van der Waals surface area contributed by atoms with E-state index >= 15 is 0 Å². The molecular weight excluding hydrogens is 491 g/mol. The van der Waals surface area contributed by atoms with Gasteiger partial charge in [0.05, 0.1) is 21.7 Å². The molecule has 0 radical (unpaired) electrons. The molecule has 188 valence electrons. The molecule has 0 saturated heterocycles. The molecule has 7 nitrogen and oxygen atoms in total. The maximum atomic E-state index is 12.6. The number of aliphatic hydroxyl groups excluding tert-OH is 1. The first kappa shape index (κ1) is 27.0. The van der Waals surface area contributed by atoms with Gasteiger partial charge in [0.1, 0.15) is 6.04 Å². The molecule has 1 fully saturated rings. The number of nitrogens with one attached hydrogen (secondary N) is 2. The molecule has 2 amide bonds. The Morgan fingerprint density at radius 3 is 2.20 bits per heavy atom. The Labute approximate surface area is 214 Å². The predicted molar refractivity (Wildman–Crippen MR) is 136 cm³/mol. The normalized spacial score (nSPS) is 20.3. The van der Waals surface area contributed by atoms with Crippen molar-refractivity contribution < 1.29 is 24.6 Å². The largest absolute Gasteiger partial charge is 0.480 e. The smallest absolute Gasteiger partial charge is 0.326 e. The predicted octanol–water partition coefficient (Wildman–Crippen LogP) is 4.79. The highest BCUT2D eigenvalue weighted by Crippen LogP contribution is 2.54. The maximum absolute atomic E-state index is 12.6. The van der Waals surface area contributed by atoms with Gasteiger partial charge < -0.3 is 20.8 Å². The van der Waals surface area contributed by atoms with Crippen molar-refractivity contribution in [1.29, 1.82) is 0 Å². The molecule has 1 saturated carbocycles. The van der Waals surface area contributed by atoms with Crippen LogP contribution >= 0.6 is 23.2 Å². The quantitative estimate of drug-likeness (QED) is 0.379. The van der Waals surface area contributed by atoms with Gasteiger partial charge in [-0.2, -0.15) is 0 Å². The van der Waals surface area contributed by atoms with Crippen LogP contribution in [0.15, 0.2) is 42.5 Å². The summed E-state index contributed by atoms with van der Waals surface area (Å²) in [6, 6.07) is 10.4. The molecule has 0 heterocycles. The lowest BCUT2D eigenvalue weighted by Gasteiger charge is -2.53. The summed E-state index contributed by atoms with van der Waals surface area (Å²) in [4.78, 5) is 36.9. The fraction of sp³-hybridized carbons (Fsp3) is 0.423. The number of halogens is 2. The SMILES string of the molecule is CC(O)C1CC(CC(=O)N[C@@H](Cc2ccc(NC(=O)c3c(Cl)cccc3Cl)cc2)C(=O)O)C1(C)C. The van der Waals surface area contributed by atoms with Crippen LogP contribution in [-0.4, -0.2) is 40.1 Å². The third-order valence-electron chi connectivity index (χ3n) is 7.04. The lowest BCUT2D eigenvalue weighted by molar-refractivity contribution is -0.143. The Kier molecular flexibility index (Phi) is 8.46. The molecule has 0 aliphatic heterocycles. The third kappa shape index (κ3) is 6.34. The van der Waals surface area contributed by atoms with Crippen molar-refractivity contribution in [1.82, 2.24) is 5.32 Å². The molecule has 4 N–H and O–H groups in total. The van der Waals surface area contributed by atoms with Gasteiger partial charge in [0.15, 0.2) is 0 Å². The average molecular weight is 521 g/mol. The Bertz CT molecular complexity index is 1080. The number of carboxylic acids is 1. The van der Waals surface area contributed by atoms with Crippen LogP contribution in [0.3, 0.4) is 0 Å². The number of hydrogen-bond donors (Lipinski definition) is 4. The number of amides is 2. The lowest BCUT2D eigenvalue weighted by Crippen LogP contribution is -2.52. The Balaban J connectivity index is 1.58. The third-order valence-corrected chi connectivity index (χ3v) is 7.67. The van der Waals surface area contributed by atoms with Gasteiger partial charge in [0.2, 0.25) is 5.91 Å². The van der Waals surface area contributed by atoms with E-state index in [2.05, 4.69) is 10.6 Å². The number of rotatable bonds is 9. The first-order chi connectivity index (χ1) is 16.4. The van der Waals surface area contributed by atoms with Gasteiger partial charge in [0.25, 0.3) is 5.91 Å². The van der Waals surface area contributed by atoms with E-state index in [9.17, 15) is 24.6 Å². The minimum atomic E-state index is -1.13. The summed E-state index contributed by atoms with van der Waals surface area (Å²) in [5.74, 6) is -1.69. The molecule has 4 atom stereocenters. The van der Waals surface area contributed by atoms with E-state index < -0.39 is 24.0 Å². The fourth-order valence-corrected chi connectivity index (χ4v) is 5.34. The van der Waals surface area contributed by atoms with Crippen molar-refractivity contribution in [3.05, 3.63) is 63.6 Å². The zero-order valence-corrected chi connectivity index (χ0v) is 21.4. The second kappa shape index (κ2) is 11.0. The van der Waals surface area contributed by atoms with Gasteiger partial charge in [-0.25, -0.2) is 4.79 Å². The number of benzene rings is 2. The molecule has 3 unspecified atom stereocenters. The molecule has 3 rings (SSSR count). The van der Waals surface area contributed by atoms with Gasteiger partial charge in [-0.15, -0.1) is 0 Å². The minimum Gasteiger partial charge on any atom is -0.480 e. The first-order valence-corrected chi connectivity index (χ1v) is 12.2. The molecule has 0 spiro atoms. The van der Waals surface area contributed by atoms with Crippen LogP contribution in [0.4, 0.5) is 5.69 Å². The van der Waals surface area contributed by atoms with Crippen LogP contribution in [0.1, 0.15) is 49.5 Å². The van der Waals surface area contributed by atoms with E-state index in [0.717, 1.165) is 6.42 Å². The van der Waals surface area contributed by atoms with Gasteiger partial charge >= 0.3 is 5.97 Å². The van der Waals surface area contributed by atoms with Crippen LogP contribution in [-0.2, 0) is 16.0 Å². The number of carbonyl (C=O) groups is 3. The lowest BCUT2D eigenvalue weighted by atomic mass is 9.52. The number of aliphatic carboxylic acids is 1. The van der Waals surface area contributed by atoms with Crippen molar-refractivity contribution in [3.8, 4) is 0 Å². The highest BCUT2D eigenvalue weighted by Gasteiger charge is 2.50. The van der Waals surface area contributed by atoms with Gasteiger partial charge in [-0.3, -0.25) is 9.59 Å². The van der Waals surface area contributed by atoms with Gasteiger partial charge in [-0.1, -0.05) is 55.2 Å². The van der Waals surface area contributed by atoms with Crippen LogP contribution in [0.25, 0.3) is 0 Å². The van der Waals surface area contributed by atoms with Gasteiger partial charge in [0, 0.05) is 18.5 Å². The highest BCUT2D eigenvalue weighted by atomic mass is 35.5. The Morgan fingerprint density at radius 2 is 1.69 bits per heavy atom. The molecule has 1 aliphatic rings. The number of hydrogen-bond acceptors (Lipinski definition) is 4. The molecule has 9 heteroatoms. The van der Waals surface area contributed by atoms with Crippen LogP contribution in [0.2, 0.25) is 10.0 Å². The molecule has 1 aliphatic carbocycles. The number of carboxylic acid groups (broad SMARTS) is 1. The van der Waals surface area contributed by atoms with E-state index in [-0.39, 0.29) is 51.6 Å². The summed E-state index contributed by atoms with van der Waals surface area (Å²) in [6.45, 7) is 5.81. The van der Waals surface area contributed by atoms with E-state index in [1.807, 2.05) is 13.8 Å². The number of aliphatic hydroxyl groups is 1. The summed E-state index contributed by atoms with van der Waals surface area (Å²) in [5.41, 5.74) is 1.16. The van der Waals surface area contributed by atoms with Crippen LogP contribution < -0.4 is 10.6 Å². The minimum absolute atomic E-state index is 0.0889. The number of carbonyl (C=O) groups excluding carboxylic acids is 2. The summed E-state index contributed by atoms with van der Waals surface area (Å²) in [7, 11) is 0. The first-order valence-electron chi connectivity index (χ1n) is 11.4. The maximum Gasteiger partial charge on any atom is 0.326 e.